The molecule has 1 amide bonds. The lowest BCUT2D eigenvalue weighted by Crippen LogP contribution is -2.34. The number of hydrogen-bond acceptors (Lipinski definition) is 4. The molecule has 0 bridgehead atoms. The normalized spacial score (nSPS) is 10.2. The van der Waals surface area contributed by atoms with Crippen LogP contribution in [0.1, 0.15) is 15.9 Å². The van der Waals surface area contributed by atoms with Gasteiger partial charge in [-0.15, -0.1) is 0 Å². The summed E-state index contributed by atoms with van der Waals surface area (Å²) < 4.78 is 12.3. The van der Waals surface area contributed by atoms with Crippen molar-refractivity contribution in [1.82, 2.24) is 5.32 Å². The number of para-hydroxylation sites is 2. The molecule has 0 atom stereocenters. The molecule has 0 spiro atoms. The van der Waals surface area contributed by atoms with Gasteiger partial charge in [-0.25, -0.2) is 0 Å². The number of rotatable bonds is 9. The summed E-state index contributed by atoms with van der Waals surface area (Å²) in [5, 5.41) is 5.87. The summed E-state index contributed by atoms with van der Waals surface area (Å²) in [7, 11) is 0. The molecule has 2 N–H and O–H groups in total. The number of anilines is 1. The third-order valence-electron chi connectivity index (χ3n) is 4.40. The molecule has 0 aromatic heterocycles. The minimum absolute atomic E-state index is 0.153. The third kappa shape index (κ3) is 6.93. The van der Waals surface area contributed by atoms with Crippen LogP contribution in [0.5, 0.6) is 11.5 Å². The van der Waals surface area contributed by atoms with Gasteiger partial charge in [-0.2, -0.15) is 0 Å². The van der Waals surface area contributed by atoms with Crippen LogP contribution in [0.3, 0.4) is 0 Å². The van der Waals surface area contributed by atoms with Gasteiger partial charge in [0.25, 0.3) is 5.91 Å². The summed E-state index contributed by atoms with van der Waals surface area (Å²) >= 11 is 8.76. The van der Waals surface area contributed by atoms with Crippen LogP contribution in [0.15, 0.2) is 89.9 Å². The highest BCUT2D eigenvalue weighted by Gasteiger charge is 2.16. The topological polar surface area (TPSA) is 59.6 Å². The Morgan fingerprint density at radius 3 is 2.53 bits per heavy atom. The average Bonchev–Trinajstić information content (AvgIpc) is 2.80. The first-order chi connectivity index (χ1) is 15.6. The van der Waals surface area contributed by atoms with Crippen LogP contribution in [0.25, 0.3) is 0 Å². The maximum absolute atomic E-state index is 12.9. The summed E-state index contributed by atoms with van der Waals surface area (Å²) in [5.74, 6) is 0.721. The van der Waals surface area contributed by atoms with Crippen LogP contribution in [0.4, 0.5) is 5.69 Å². The Hall–Kier alpha value is -3.16. The fraction of sp³-hybridized carbons (Fsp3) is 0.120. The van der Waals surface area contributed by atoms with E-state index in [9.17, 15) is 4.79 Å². The third-order valence-corrected chi connectivity index (χ3v) is 5.09. The van der Waals surface area contributed by atoms with E-state index in [-0.39, 0.29) is 11.0 Å². The van der Waals surface area contributed by atoms with Crippen LogP contribution in [0, 0.1) is 0 Å². The van der Waals surface area contributed by atoms with Crippen molar-refractivity contribution in [3.8, 4) is 11.5 Å². The zero-order valence-electron chi connectivity index (χ0n) is 17.3. The first-order valence-corrected chi connectivity index (χ1v) is 11.2. The Morgan fingerprint density at radius 1 is 1.00 bits per heavy atom. The molecular formula is C25H23BrN2O3S. The summed E-state index contributed by atoms with van der Waals surface area (Å²) in [6.07, 6.45) is 2.39. The predicted octanol–water partition coefficient (Wildman–Crippen LogP) is 5.76. The van der Waals surface area contributed by atoms with Gasteiger partial charge in [-0.1, -0.05) is 71.0 Å². The molecule has 0 fully saturated rings. The lowest BCUT2D eigenvalue weighted by atomic mass is 10.1. The number of carbonyl (C=O) groups excluding carboxylic acids is 1. The predicted molar refractivity (Wildman–Crippen MR) is 136 cm³/mol. The summed E-state index contributed by atoms with van der Waals surface area (Å²) in [6.45, 7) is 4.46. The average molecular weight is 511 g/mol. The minimum atomic E-state index is -0.372. The Labute approximate surface area is 201 Å². The van der Waals surface area contributed by atoms with Crippen molar-refractivity contribution in [2.45, 2.75) is 6.42 Å². The molecule has 0 saturated heterocycles. The Bertz CT molecular complexity index is 1090. The smallest absolute Gasteiger partial charge is 0.261 e. The van der Waals surface area contributed by atoms with Crippen molar-refractivity contribution in [3.05, 3.63) is 101 Å². The monoisotopic (exact) mass is 510 g/mol. The van der Waals surface area contributed by atoms with Crippen molar-refractivity contribution in [2.24, 2.45) is 0 Å². The van der Waals surface area contributed by atoms with Gasteiger partial charge < -0.3 is 14.8 Å². The second-order valence-corrected chi connectivity index (χ2v) is 8.05. The summed E-state index contributed by atoms with van der Waals surface area (Å²) in [5.41, 5.74) is 2.19. The van der Waals surface area contributed by atoms with Crippen LogP contribution in [0.2, 0.25) is 0 Å². The standard InChI is InChI=1S/C25H23BrN2O3S/c1-2-15-30-23-11-7-6-10-21(23)27-25(32)28-24(29)20-17-19(26)12-13-22(20)31-16-14-18-8-4-3-5-9-18/h2-13,17H,1,14-16H2,(H2,27,28,29,32). The lowest BCUT2D eigenvalue weighted by molar-refractivity contribution is 0.0973. The number of ether oxygens (including phenoxy) is 2. The highest BCUT2D eigenvalue weighted by Crippen LogP contribution is 2.25. The zero-order chi connectivity index (χ0) is 22.8. The molecule has 0 saturated carbocycles. The van der Waals surface area contributed by atoms with Crippen LogP contribution in [-0.4, -0.2) is 24.2 Å². The molecule has 0 heterocycles. The number of halogens is 1. The Kier molecular flexibility index (Phi) is 8.83. The number of benzene rings is 3. The molecule has 3 aromatic carbocycles. The van der Waals surface area contributed by atoms with Gasteiger partial charge in [0.2, 0.25) is 0 Å². The van der Waals surface area contributed by atoms with Crippen LogP contribution < -0.4 is 20.1 Å². The Balaban J connectivity index is 1.65. The molecule has 5 nitrogen and oxygen atoms in total. The number of hydrogen-bond donors (Lipinski definition) is 2. The molecule has 3 rings (SSSR count). The summed E-state index contributed by atoms with van der Waals surface area (Å²) in [6, 6.07) is 22.7. The van der Waals surface area contributed by atoms with Crippen molar-refractivity contribution in [3.63, 3.8) is 0 Å². The van der Waals surface area contributed by atoms with Gasteiger partial charge in [0.15, 0.2) is 5.11 Å². The molecule has 0 aliphatic rings. The van der Waals surface area contributed by atoms with Gasteiger partial charge in [0.1, 0.15) is 18.1 Å². The SMILES string of the molecule is C=CCOc1ccccc1NC(=S)NC(=O)c1cc(Br)ccc1OCCc1ccccc1. The molecule has 32 heavy (non-hydrogen) atoms. The van der Waals surface area contributed by atoms with E-state index in [0.717, 1.165) is 10.9 Å². The highest BCUT2D eigenvalue weighted by atomic mass is 79.9. The molecule has 0 radical (unpaired) electrons. The molecule has 0 unspecified atom stereocenters. The molecule has 0 aliphatic heterocycles. The van der Waals surface area contributed by atoms with Crippen LogP contribution in [-0.2, 0) is 6.42 Å². The fourth-order valence-corrected chi connectivity index (χ4v) is 3.46. The zero-order valence-corrected chi connectivity index (χ0v) is 19.7. The largest absolute Gasteiger partial charge is 0.492 e. The number of carbonyl (C=O) groups is 1. The first-order valence-electron chi connectivity index (χ1n) is 9.98. The van der Waals surface area contributed by atoms with Crippen LogP contribution >= 0.6 is 28.1 Å². The van der Waals surface area contributed by atoms with E-state index in [1.54, 1.807) is 18.2 Å². The fourth-order valence-electron chi connectivity index (χ4n) is 2.90. The highest BCUT2D eigenvalue weighted by molar-refractivity contribution is 9.10. The summed E-state index contributed by atoms with van der Waals surface area (Å²) in [4.78, 5) is 12.9. The molecular weight excluding hydrogens is 488 g/mol. The van der Waals surface area contributed by atoms with Gasteiger partial charge in [-0.3, -0.25) is 10.1 Å². The van der Waals surface area contributed by atoms with Gasteiger partial charge >= 0.3 is 0 Å². The van der Waals surface area contributed by atoms with Gasteiger partial charge in [-0.05, 0) is 48.1 Å². The van der Waals surface area contributed by atoms with Gasteiger partial charge in [0, 0.05) is 10.9 Å². The Morgan fingerprint density at radius 2 is 1.75 bits per heavy atom. The maximum Gasteiger partial charge on any atom is 0.261 e. The molecule has 7 heteroatoms. The maximum atomic E-state index is 12.9. The lowest BCUT2D eigenvalue weighted by Gasteiger charge is -2.15. The quantitative estimate of drug-likeness (QED) is 0.283. The van der Waals surface area contributed by atoms with Crippen molar-refractivity contribution in [2.75, 3.05) is 18.5 Å². The second-order valence-electron chi connectivity index (χ2n) is 6.73. The molecule has 3 aromatic rings. The van der Waals surface area contributed by atoms with Crippen molar-refractivity contribution < 1.29 is 14.3 Å². The van der Waals surface area contributed by atoms with E-state index >= 15 is 0 Å². The van der Waals surface area contributed by atoms with E-state index in [2.05, 4.69) is 33.1 Å². The van der Waals surface area contributed by atoms with E-state index < -0.39 is 0 Å². The number of thiocarbonyl (C=S) groups is 1. The van der Waals surface area contributed by atoms with E-state index in [4.69, 9.17) is 21.7 Å². The molecule has 164 valence electrons. The van der Waals surface area contributed by atoms with E-state index in [1.807, 2.05) is 60.7 Å². The van der Waals surface area contributed by atoms with Crippen molar-refractivity contribution >= 4 is 44.9 Å². The second kappa shape index (κ2) is 12.0. The minimum Gasteiger partial charge on any atom is -0.492 e. The van der Waals surface area contributed by atoms with Crippen molar-refractivity contribution in [1.29, 1.82) is 0 Å². The van der Waals surface area contributed by atoms with E-state index in [1.165, 1.54) is 5.56 Å². The molecule has 0 aliphatic carbocycles. The number of amides is 1. The number of nitrogens with one attached hydrogen (secondary N) is 2. The van der Waals surface area contributed by atoms with E-state index in [0.29, 0.717) is 36.0 Å². The first kappa shape index (κ1) is 23.5. The van der Waals surface area contributed by atoms with Gasteiger partial charge in [0.05, 0.1) is 17.9 Å².